The maximum Gasteiger partial charge on any atom is 0.262 e. The van der Waals surface area contributed by atoms with E-state index in [-0.39, 0.29) is 34.0 Å². The predicted molar refractivity (Wildman–Crippen MR) is 92.1 cm³/mol. The van der Waals surface area contributed by atoms with Crippen LogP contribution in [-0.2, 0) is 6.54 Å². The van der Waals surface area contributed by atoms with Gasteiger partial charge in [0.05, 0.1) is 10.5 Å². The number of rotatable bonds is 3. The van der Waals surface area contributed by atoms with Gasteiger partial charge in [-0.25, -0.2) is 0 Å². The van der Waals surface area contributed by atoms with E-state index in [0.29, 0.717) is 10.5 Å². The Hall–Kier alpha value is -2.09. The summed E-state index contributed by atoms with van der Waals surface area (Å²) in [6.45, 7) is 0.254. The summed E-state index contributed by atoms with van der Waals surface area (Å²) in [6.07, 6.45) is 1.65. The average molecular weight is 366 g/mol. The van der Waals surface area contributed by atoms with Gasteiger partial charge in [0, 0.05) is 28.7 Å². The highest BCUT2D eigenvalue weighted by Gasteiger charge is 2.17. The first-order valence-electron chi connectivity index (χ1n) is 6.94. The van der Waals surface area contributed by atoms with Crippen molar-refractivity contribution in [3.63, 3.8) is 0 Å². The van der Waals surface area contributed by atoms with Crippen LogP contribution in [0.4, 0.5) is 5.69 Å². The molecule has 0 radical (unpaired) electrons. The third-order valence-electron chi connectivity index (χ3n) is 3.70. The summed E-state index contributed by atoms with van der Waals surface area (Å²) in [4.78, 5) is 12.8. The van der Waals surface area contributed by atoms with E-state index < -0.39 is 0 Å². The lowest BCUT2D eigenvalue weighted by atomic mass is 10.1. The highest BCUT2D eigenvalue weighted by Crippen LogP contribution is 2.28. The van der Waals surface area contributed by atoms with E-state index in [1.165, 1.54) is 22.8 Å². The van der Waals surface area contributed by atoms with Gasteiger partial charge in [0.25, 0.3) is 5.91 Å². The Balaban J connectivity index is 2.14. The van der Waals surface area contributed by atoms with Gasteiger partial charge in [-0.2, -0.15) is 0 Å². The lowest BCUT2D eigenvalue weighted by Crippen LogP contribution is -2.15. The van der Waals surface area contributed by atoms with Crippen molar-refractivity contribution >= 4 is 45.7 Å². The molecule has 8 heteroatoms. The van der Waals surface area contributed by atoms with Crippen molar-refractivity contribution in [1.82, 2.24) is 4.57 Å². The van der Waals surface area contributed by atoms with Crippen molar-refractivity contribution in [2.24, 2.45) is 5.73 Å². The van der Waals surface area contributed by atoms with Crippen LogP contribution in [0.5, 0.6) is 0 Å². The monoisotopic (exact) mass is 365 g/mol. The maximum atomic E-state index is 12.8. The summed E-state index contributed by atoms with van der Waals surface area (Å²) in [5.41, 5.74) is 7.32. The summed E-state index contributed by atoms with van der Waals surface area (Å²) in [6, 6.07) is 9.37. The van der Waals surface area contributed by atoms with Crippen molar-refractivity contribution in [2.45, 2.75) is 6.54 Å². The first-order chi connectivity index (χ1) is 11.4. The van der Waals surface area contributed by atoms with Gasteiger partial charge in [-0.15, -0.1) is 5.23 Å². The lowest BCUT2D eigenvalue weighted by Gasteiger charge is -2.12. The number of nitrogens with zero attached hydrogens (tertiary/aromatic N) is 2. The van der Waals surface area contributed by atoms with E-state index >= 15 is 0 Å². The minimum absolute atomic E-state index is 0.0962. The van der Waals surface area contributed by atoms with E-state index in [4.69, 9.17) is 28.9 Å². The standard InChI is InChI=1S/C16H13Cl2N3O3/c17-11-2-4-14-12(6-11)10(7-19)8-20(14)16(22)9-1-3-13(18)15(5-9)21(23)24/h1-6,8,23-24H,7,19H2. The molecule has 0 atom stereocenters. The fourth-order valence-corrected chi connectivity index (χ4v) is 2.90. The van der Waals surface area contributed by atoms with Gasteiger partial charge in [-0.05, 0) is 42.0 Å². The molecule has 0 bridgehead atoms. The van der Waals surface area contributed by atoms with Gasteiger partial charge < -0.3 is 5.73 Å². The highest BCUT2D eigenvalue weighted by atomic mass is 35.5. The molecular formula is C16H13Cl2N3O3. The summed E-state index contributed by atoms with van der Waals surface area (Å²) >= 11 is 11.9. The van der Waals surface area contributed by atoms with E-state index in [0.717, 1.165) is 10.9 Å². The SMILES string of the molecule is NCc1cn(C(=O)c2ccc(Cl)c(N(O)O)c2)c2ccc(Cl)cc12. The molecule has 0 spiro atoms. The largest absolute Gasteiger partial charge is 0.326 e. The molecule has 1 heterocycles. The molecule has 1 aromatic heterocycles. The number of carbonyl (C=O) groups is 1. The first kappa shape index (κ1) is 16.8. The molecule has 4 N–H and O–H groups in total. The van der Waals surface area contributed by atoms with Crippen LogP contribution >= 0.6 is 23.2 Å². The van der Waals surface area contributed by atoms with Crippen molar-refractivity contribution in [3.05, 3.63) is 63.8 Å². The number of carbonyl (C=O) groups excluding carboxylic acids is 1. The lowest BCUT2D eigenvalue weighted by molar-refractivity contribution is 0.0292. The number of nitrogens with two attached hydrogens (primary N) is 1. The van der Waals surface area contributed by atoms with Crippen molar-refractivity contribution in [3.8, 4) is 0 Å². The third kappa shape index (κ3) is 2.86. The minimum Gasteiger partial charge on any atom is -0.326 e. The molecule has 24 heavy (non-hydrogen) atoms. The van der Waals surface area contributed by atoms with Crippen molar-refractivity contribution in [1.29, 1.82) is 0 Å². The summed E-state index contributed by atoms with van der Waals surface area (Å²) in [5, 5.41) is 19.7. The molecule has 0 saturated heterocycles. The Bertz CT molecular complexity index is 938. The molecule has 0 aliphatic heterocycles. The van der Waals surface area contributed by atoms with Gasteiger partial charge in [0.1, 0.15) is 5.69 Å². The van der Waals surface area contributed by atoms with Crippen molar-refractivity contribution < 1.29 is 15.2 Å². The number of benzene rings is 2. The van der Waals surface area contributed by atoms with E-state index in [2.05, 4.69) is 0 Å². The van der Waals surface area contributed by atoms with E-state index in [9.17, 15) is 15.2 Å². The van der Waals surface area contributed by atoms with Crippen LogP contribution in [0.25, 0.3) is 10.9 Å². The number of hydrogen-bond acceptors (Lipinski definition) is 5. The van der Waals surface area contributed by atoms with Crippen LogP contribution in [0.1, 0.15) is 15.9 Å². The molecule has 2 aromatic carbocycles. The van der Waals surface area contributed by atoms with Crippen LogP contribution < -0.4 is 11.0 Å². The van der Waals surface area contributed by atoms with Crippen LogP contribution in [0.2, 0.25) is 10.0 Å². The molecule has 0 amide bonds. The molecule has 0 fully saturated rings. The number of anilines is 1. The number of halogens is 2. The van der Waals surface area contributed by atoms with Gasteiger partial charge in [-0.3, -0.25) is 19.8 Å². The van der Waals surface area contributed by atoms with Crippen LogP contribution in [-0.4, -0.2) is 20.9 Å². The molecule has 0 unspecified atom stereocenters. The van der Waals surface area contributed by atoms with Gasteiger partial charge >= 0.3 is 0 Å². The topological polar surface area (TPSA) is 91.7 Å². The Kier molecular flexibility index (Phi) is 4.49. The van der Waals surface area contributed by atoms with Crippen LogP contribution in [0.3, 0.4) is 0 Å². The maximum absolute atomic E-state index is 12.8. The third-order valence-corrected chi connectivity index (χ3v) is 4.25. The first-order valence-corrected chi connectivity index (χ1v) is 7.69. The van der Waals surface area contributed by atoms with E-state index in [1.807, 2.05) is 0 Å². The summed E-state index contributed by atoms with van der Waals surface area (Å²) in [5.74, 6) is -0.359. The average Bonchev–Trinajstić information content (AvgIpc) is 2.92. The summed E-state index contributed by atoms with van der Waals surface area (Å²) < 4.78 is 1.44. The Morgan fingerprint density at radius 1 is 1.17 bits per heavy atom. The number of fused-ring (bicyclic) bond motifs is 1. The zero-order valence-electron chi connectivity index (χ0n) is 12.3. The zero-order valence-corrected chi connectivity index (χ0v) is 13.8. The smallest absolute Gasteiger partial charge is 0.262 e. The quantitative estimate of drug-likeness (QED) is 0.615. The Labute approximate surface area is 147 Å². The van der Waals surface area contributed by atoms with Gasteiger partial charge in [0.15, 0.2) is 0 Å². The van der Waals surface area contributed by atoms with Gasteiger partial charge in [0.2, 0.25) is 0 Å². The second-order valence-corrected chi connectivity index (χ2v) is 5.99. The predicted octanol–water partition coefficient (Wildman–Crippen LogP) is 3.68. The molecule has 0 aliphatic carbocycles. The molecule has 6 nitrogen and oxygen atoms in total. The second-order valence-electron chi connectivity index (χ2n) is 5.15. The highest BCUT2D eigenvalue weighted by molar-refractivity contribution is 6.33. The van der Waals surface area contributed by atoms with Crippen molar-refractivity contribution in [2.75, 3.05) is 5.23 Å². The molecular weight excluding hydrogens is 353 g/mol. The van der Waals surface area contributed by atoms with Gasteiger partial charge in [-0.1, -0.05) is 23.2 Å². The number of aromatic nitrogens is 1. The van der Waals surface area contributed by atoms with Crippen LogP contribution in [0, 0.1) is 0 Å². The Morgan fingerprint density at radius 3 is 2.58 bits per heavy atom. The van der Waals surface area contributed by atoms with E-state index in [1.54, 1.807) is 24.4 Å². The molecule has 3 rings (SSSR count). The second kappa shape index (κ2) is 6.43. The molecule has 0 saturated carbocycles. The fraction of sp³-hybridized carbons (Fsp3) is 0.0625. The molecule has 3 aromatic rings. The molecule has 0 aliphatic rings. The fourth-order valence-electron chi connectivity index (χ4n) is 2.54. The minimum atomic E-state index is -0.359. The summed E-state index contributed by atoms with van der Waals surface area (Å²) in [7, 11) is 0. The number of hydrogen-bond donors (Lipinski definition) is 3. The Morgan fingerprint density at radius 2 is 1.92 bits per heavy atom. The van der Waals surface area contributed by atoms with Crippen LogP contribution in [0.15, 0.2) is 42.6 Å². The molecule has 124 valence electrons. The normalized spacial score (nSPS) is 11.0. The zero-order chi connectivity index (χ0) is 17.4.